The molecule has 0 bridgehead atoms. The highest BCUT2D eigenvalue weighted by Crippen LogP contribution is 2.13. The summed E-state index contributed by atoms with van der Waals surface area (Å²) < 4.78 is 0. The molecular formula is C18H26N4S. The molecule has 0 amide bonds. The second-order valence-electron chi connectivity index (χ2n) is 5.63. The normalized spacial score (nSPS) is 12.9. The zero-order chi connectivity index (χ0) is 16.5. The van der Waals surface area contributed by atoms with E-state index in [1.165, 1.54) is 10.4 Å². The van der Waals surface area contributed by atoms with Crippen LogP contribution in [0.15, 0.2) is 40.8 Å². The van der Waals surface area contributed by atoms with Crippen LogP contribution in [-0.2, 0) is 13.0 Å². The molecule has 1 aromatic heterocycles. The van der Waals surface area contributed by atoms with E-state index in [-0.39, 0.29) is 0 Å². The maximum Gasteiger partial charge on any atom is 0.191 e. The number of hydrogen-bond acceptors (Lipinski definition) is 3. The molecule has 5 heteroatoms. The molecule has 1 unspecified atom stereocenters. The molecule has 0 radical (unpaired) electrons. The van der Waals surface area contributed by atoms with E-state index in [1.807, 2.05) is 12.4 Å². The fourth-order valence-electron chi connectivity index (χ4n) is 2.28. The van der Waals surface area contributed by atoms with E-state index in [1.54, 1.807) is 11.3 Å². The molecule has 0 fully saturated rings. The Balaban J connectivity index is 1.86. The monoisotopic (exact) mass is 330 g/mol. The van der Waals surface area contributed by atoms with Crippen molar-refractivity contribution < 1.29 is 0 Å². The van der Waals surface area contributed by atoms with Gasteiger partial charge in [-0.15, -0.1) is 11.3 Å². The summed E-state index contributed by atoms with van der Waals surface area (Å²) in [5, 5.41) is 6.81. The van der Waals surface area contributed by atoms with Gasteiger partial charge in [-0.05, 0) is 39.2 Å². The topological polar surface area (TPSA) is 49.3 Å². The molecule has 124 valence electrons. The van der Waals surface area contributed by atoms with Gasteiger partial charge in [0.25, 0.3) is 0 Å². The molecular weight excluding hydrogens is 304 g/mol. The Morgan fingerprint density at radius 3 is 2.74 bits per heavy atom. The van der Waals surface area contributed by atoms with Gasteiger partial charge in [-0.1, -0.05) is 30.3 Å². The van der Waals surface area contributed by atoms with Gasteiger partial charge in [-0.2, -0.15) is 0 Å². The standard InChI is InChI=1S/C18H26N4S/c1-4-19-18(20-12-17-15(3)21-13-23-17)22-14(2)10-11-16-8-6-5-7-9-16/h5-9,13-14H,4,10-12H2,1-3H3,(H2,19,20,22). The fourth-order valence-corrected chi connectivity index (χ4v) is 2.98. The molecule has 2 N–H and O–H groups in total. The molecule has 0 aliphatic heterocycles. The Labute approximate surface area is 143 Å². The number of aromatic nitrogens is 1. The average Bonchev–Trinajstić information content (AvgIpc) is 2.97. The number of rotatable bonds is 7. The maximum atomic E-state index is 4.68. The third-order valence-corrected chi connectivity index (χ3v) is 4.58. The minimum Gasteiger partial charge on any atom is -0.357 e. The smallest absolute Gasteiger partial charge is 0.191 e. The van der Waals surface area contributed by atoms with Crippen LogP contribution in [-0.4, -0.2) is 23.5 Å². The summed E-state index contributed by atoms with van der Waals surface area (Å²) in [6.45, 7) is 7.86. The van der Waals surface area contributed by atoms with Crippen LogP contribution in [0, 0.1) is 6.92 Å². The van der Waals surface area contributed by atoms with Gasteiger partial charge in [0.05, 0.1) is 17.7 Å². The summed E-state index contributed by atoms with van der Waals surface area (Å²) in [6, 6.07) is 11.0. The Morgan fingerprint density at radius 2 is 2.09 bits per heavy atom. The van der Waals surface area contributed by atoms with Crippen molar-refractivity contribution in [3.05, 3.63) is 52.0 Å². The number of hydrogen-bond donors (Lipinski definition) is 2. The number of guanidine groups is 1. The summed E-state index contributed by atoms with van der Waals surface area (Å²) >= 11 is 1.66. The predicted molar refractivity (Wildman–Crippen MR) is 99.0 cm³/mol. The molecule has 0 aliphatic rings. The van der Waals surface area contributed by atoms with Gasteiger partial charge in [-0.25, -0.2) is 9.98 Å². The molecule has 0 saturated heterocycles. The molecule has 2 aromatic rings. The Morgan fingerprint density at radius 1 is 1.30 bits per heavy atom. The second kappa shape index (κ2) is 9.30. The predicted octanol–water partition coefficient (Wildman–Crippen LogP) is 3.53. The van der Waals surface area contributed by atoms with E-state index in [0.29, 0.717) is 12.6 Å². The van der Waals surface area contributed by atoms with Gasteiger partial charge < -0.3 is 10.6 Å². The first-order chi connectivity index (χ1) is 11.2. The van der Waals surface area contributed by atoms with Crippen molar-refractivity contribution in [3.8, 4) is 0 Å². The number of thiazole rings is 1. The third-order valence-electron chi connectivity index (χ3n) is 3.66. The van der Waals surface area contributed by atoms with Gasteiger partial charge in [0, 0.05) is 17.5 Å². The second-order valence-corrected chi connectivity index (χ2v) is 6.57. The number of aryl methyl sites for hydroxylation is 2. The first-order valence-corrected chi connectivity index (χ1v) is 9.04. The summed E-state index contributed by atoms with van der Waals surface area (Å²) in [5.41, 5.74) is 4.33. The van der Waals surface area contributed by atoms with Crippen LogP contribution in [0.25, 0.3) is 0 Å². The number of aliphatic imine (C=N–C) groups is 1. The van der Waals surface area contributed by atoms with E-state index >= 15 is 0 Å². The van der Waals surface area contributed by atoms with Crippen molar-refractivity contribution in [2.75, 3.05) is 6.54 Å². The highest BCUT2D eigenvalue weighted by molar-refractivity contribution is 7.09. The minimum atomic E-state index is 0.371. The van der Waals surface area contributed by atoms with Gasteiger partial charge >= 0.3 is 0 Å². The van der Waals surface area contributed by atoms with Crippen LogP contribution >= 0.6 is 11.3 Å². The van der Waals surface area contributed by atoms with Gasteiger partial charge in [0.15, 0.2) is 5.96 Å². The Hall–Kier alpha value is -1.88. The zero-order valence-electron chi connectivity index (χ0n) is 14.2. The molecule has 1 heterocycles. The third kappa shape index (κ3) is 6.02. The van der Waals surface area contributed by atoms with Crippen LogP contribution < -0.4 is 10.6 Å². The van der Waals surface area contributed by atoms with Crippen molar-refractivity contribution in [2.24, 2.45) is 4.99 Å². The van der Waals surface area contributed by atoms with Crippen LogP contribution in [0.3, 0.4) is 0 Å². The molecule has 1 aromatic carbocycles. The number of benzene rings is 1. The van der Waals surface area contributed by atoms with Crippen LogP contribution in [0.1, 0.15) is 36.4 Å². The van der Waals surface area contributed by atoms with E-state index in [4.69, 9.17) is 0 Å². The van der Waals surface area contributed by atoms with Gasteiger partial charge in [-0.3, -0.25) is 0 Å². The van der Waals surface area contributed by atoms with Crippen molar-refractivity contribution in [1.82, 2.24) is 15.6 Å². The minimum absolute atomic E-state index is 0.371. The summed E-state index contributed by atoms with van der Waals surface area (Å²) in [4.78, 5) is 10.2. The van der Waals surface area contributed by atoms with Crippen molar-refractivity contribution in [2.45, 2.75) is 46.2 Å². The van der Waals surface area contributed by atoms with E-state index in [0.717, 1.165) is 31.0 Å². The van der Waals surface area contributed by atoms with E-state index < -0.39 is 0 Å². The van der Waals surface area contributed by atoms with Crippen LogP contribution in [0.2, 0.25) is 0 Å². The molecule has 2 rings (SSSR count). The lowest BCUT2D eigenvalue weighted by atomic mass is 10.1. The SMILES string of the molecule is CCNC(=NCc1scnc1C)NC(C)CCc1ccccc1. The average molecular weight is 331 g/mol. The number of nitrogens with one attached hydrogen (secondary N) is 2. The maximum absolute atomic E-state index is 4.68. The van der Waals surface area contributed by atoms with Crippen LogP contribution in [0.5, 0.6) is 0 Å². The highest BCUT2D eigenvalue weighted by atomic mass is 32.1. The Bertz CT molecular complexity index is 606. The summed E-state index contributed by atoms with van der Waals surface area (Å²) in [7, 11) is 0. The van der Waals surface area contributed by atoms with Crippen molar-refractivity contribution in [1.29, 1.82) is 0 Å². The lowest BCUT2D eigenvalue weighted by molar-refractivity contribution is 0.593. The van der Waals surface area contributed by atoms with Gasteiger partial charge in [0.1, 0.15) is 0 Å². The Kier molecular flexibility index (Phi) is 7.07. The first kappa shape index (κ1) is 17.5. The molecule has 4 nitrogen and oxygen atoms in total. The largest absolute Gasteiger partial charge is 0.357 e. The summed E-state index contributed by atoms with van der Waals surface area (Å²) in [5.74, 6) is 0.876. The molecule has 0 aliphatic carbocycles. The summed E-state index contributed by atoms with van der Waals surface area (Å²) in [6.07, 6.45) is 2.15. The molecule has 0 saturated carbocycles. The molecule has 0 spiro atoms. The van der Waals surface area contributed by atoms with Gasteiger partial charge in [0.2, 0.25) is 0 Å². The zero-order valence-corrected chi connectivity index (χ0v) is 15.0. The fraction of sp³-hybridized carbons (Fsp3) is 0.444. The van der Waals surface area contributed by atoms with Crippen molar-refractivity contribution >= 4 is 17.3 Å². The lowest BCUT2D eigenvalue weighted by Gasteiger charge is -2.17. The molecule has 23 heavy (non-hydrogen) atoms. The van der Waals surface area contributed by atoms with E-state index in [9.17, 15) is 0 Å². The number of nitrogens with zero attached hydrogens (tertiary/aromatic N) is 2. The highest BCUT2D eigenvalue weighted by Gasteiger charge is 2.06. The lowest BCUT2D eigenvalue weighted by Crippen LogP contribution is -2.42. The first-order valence-electron chi connectivity index (χ1n) is 8.16. The quantitative estimate of drug-likeness (QED) is 0.603. The van der Waals surface area contributed by atoms with Crippen LogP contribution in [0.4, 0.5) is 0 Å². The molecule has 1 atom stereocenters. The van der Waals surface area contributed by atoms with Crippen molar-refractivity contribution in [3.63, 3.8) is 0 Å². The van der Waals surface area contributed by atoms with E-state index in [2.05, 4.69) is 64.8 Å².